The van der Waals surface area contributed by atoms with Crippen molar-refractivity contribution in [2.24, 2.45) is 5.92 Å². The van der Waals surface area contributed by atoms with Gasteiger partial charge in [0.1, 0.15) is 0 Å². The number of benzene rings is 2. The molecule has 6 heteroatoms. The summed E-state index contributed by atoms with van der Waals surface area (Å²) in [4.78, 5) is 27.5. The highest BCUT2D eigenvalue weighted by Gasteiger charge is 2.29. The van der Waals surface area contributed by atoms with E-state index in [1.165, 1.54) is 7.11 Å². The van der Waals surface area contributed by atoms with Crippen LogP contribution in [-0.2, 0) is 0 Å². The van der Waals surface area contributed by atoms with Gasteiger partial charge in [-0.3, -0.25) is 9.59 Å². The molecule has 0 spiro atoms. The predicted octanol–water partition coefficient (Wildman–Crippen LogP) is 5.18. The first-order valence-corrected chi connectivity index (χ1v) is 10.7. The summed E-state index contributed by atoms with van der Waals surface area (Å²) >= 11 is 6.36. The van der Waals surface area contributed by atoms with Crippen molar-refractivity contribution in [3.8, 4) is 11.5 Å². The highest BCUT2D eigenvalue weighted by atomic mass is 35.5. The Hall–Kier alpha value is -2.53. The zero-order chi connectivity index (χ0) is 21.7. The highest BCUT2D eigenvalue weighted by Crippen LogP contribution is 2.37. The van der Waals surface area contributed by atoms with Crippen LogP contribution >= 0.6 is 11.6 Å². The molecule has 2 aromatic carbocycles. The van der Waals surface area contributed by atoms with Gasteiger partial charge in [0, 0.05) is 30.1 Å². The lowest BCUT2D eigenvalue weighted by atomic mass is 9.88. The molecular formula is C24H28ClNO4. The van der Waals surface area contributed by atoms with E-state index < -0.39 is 0 Å². The summed E-state index contributed by atoms with van der Waals surface area (Å²) in [5.74, 6) is 0.895. The maximum Gasteiger partial charge on any atom is 0.254 e. The number of carbonyl (C=O) groups is 2. The van der Waals surface area contributed by atoms with Crippen LogP contribution < -0.4 is 9.47 Å². The first kappa shape index (κ1) is 22.2. The number of nitrogens with zero attached hydrogens (tertiary/aromatic N) is 1. The number of halogens is 1. The molecule has 2 aromatic rings. The number of Topliss-reactive ketones (excluding diaryl/α,β-unsaturated/α-hetero) is 1. The molecule has 1 aliphatic heterocycles. The molecule has 160 valence electrons. The van der Waals surface area contributed by atoms with E-state index in [1.54, 1.807) is 17.0 Å². The summed E-state index contributed by atoms with van der Waals surface area (Å²) in [7, 11) is 1.53. The van der Waals surface area contributed by atoms with Crippen molar-refractivity contribution in [1.29, 1.82) is 0 Å². The molecule has 0 saturated carbocycles. The maximum atomic E-state index is 13.0. The van der Waals surface area contributed by atoms with Crippen LogP contribution in [0, 0.1) is 12.8 Å². The maximum absolute atomic E-state index is 13.0. The van der Waals surface area contributed by atoms with Gasteiger partial charge < -0.3 is 14.4 Å². The van der Waals surface area contributed by atoms with Crippen molar-refractivity contribution < 1.29 is 19.1 Å². The number of hydrogen-bond acceptors (Lipinski definition) is 4. The molecule has 1 saturated heterocycles. The molecule has 0 atom stereocenters. The molecule has 0 radical (unpaired) electrons. The summed E-state index contributed by atoms with van der Waals surface area (Å²) < 4.78 is 11.0. The molecule has 1 aliphatic rings. The number of hydrogen-bond donors (Lipinski definition) is 0. The summed E-state index contributed by atoms with van der Waals surface area (Å²) in [6.45, 7) is 5.60. The highest BCUT2D eigenvalue weighted by molar-refractivity contribution is 6.32. The molecule has 0 N–H and O–H groups in total. The average Bonchev–Trinajstić information content (AvgIpc) is 2.77. The normalized spacial score (nSPS) is 14.5. The van der Waals surface area contributed by atoms with Crippen LogP contribution in [0.4, 0.5) is 0 Å². The number of ether oxygens (including phenoxy) is 2. The lowest BCUT2D eigenvalue weighted by Gasteiger charge is -2.31. The Morgan fingerprint density at radius 1 is 1.10 bits per heavy atom. The summed E-state index contributed by atoms with van der Waals surface area (Å²) in [6, 6.07) is 11.0. The predicted molar refractivity (Wildman–Crippen MR) is 118 cm³/mol. The zero-order valence-corrected chi connectivity index (χ0v) is 18.5. The molecular weight excluding hydrogens is 402 g/mol. The molecule has 0 bridgehead atoms. The van der Waals surface area contributed by atoms with Crippen LogP contribution in [0.5, 0.6) is 11.5 Å². The Morgan fingerprint density at radius 2 is 1.77 bits per heavy atom. The lowest BCUT2D eigenvalue weighted by molar-refractivity contribution is 0.0650. The Bertz CT molecular complexity index is 902. The van der Waals surface area contributed by atoms with Crippen molar-refractivity contribution in [2.45, 2.75) is 33.1 Å². The quantitative estimate of drug-likeness (QED) is 0.569. The monoisotopic (exact) mass is 429 g/mol. The number of likely N-dealkylation sites (tertiary alicyclic amines) is 1. The van der Waals surface area contributed by atoms with Gasteiger partial charge in [0.25, 0.3) is 5.91 Å². The third-order valence-corrected chi connectivity index (χ3v) is 5.70. The third kappa shape index (κ3) is 4.96. The van der Waals surface area contributed by atoms with Crippen LogP contribution in [0.15, 0.2) is 36.4 Å². The van der Waals surface area contributed by atoms with E-state index in [2.05, 4.69) is 0 Å². The first-order valence-electron chi connectivity index (χ1n) is 10.3. The number of methoxy groups -OCH3 is 1. The molecule has 3 rings (SSSR count). The van der Waals surface area contributed by atoms with Crippen molar-refractivity contribution in [3.63, 3.8) is 0 Å². The number of aryl methyl sites for hydroxylation is 1. The van der Waals surface area contributed by atoms with Crippen molar-refractivity contribution >= 4 is 23.3 Å². The van der Waals surface area contributed by atoms with Crippen molar-refractivity contribution in [1.82, 2.24) is 4.90 Å². The average molecular weight is 430 g/mol. The van der Waals surface area contributed by atoms with Gasteiger partial charge in [0.05, 0.1) is 18.7 Å². The number of carbonyl (C=O) groups excluding carboxylic acids is 2. The van der Waals surface area contributed by atoms with Gasteiger partial charge in [0.15, 0.2) is 17.3 Å². The van der Waals surface area contributed by atoms with Gasteiger partial charge in [-0.1, -0.05) is 48.4 Å². The van der Waals surface area contributed by atoms with Crippen molar-refractivity contribution in [3.05, 3.63) is 58.1 Å². The number of piperidine rings is 1. The van der Waals surface area contributed by atoms with Crippen LogP contribution in [0.25, 0.3) is 0 Å². The number of amides is 1. The van der Waals surface area contributed by atoms with E-state index in [-0.39, 0.29) is 17.6 Å². The largest absolute Gasteiger partial charge is 0.493 e. The van der Waals surface area contributed by atoms with Gasteiger partial charge in [-0.15, -0.1) is 0 Å². The zero-order valence-electron chi connectivity index (χ0n) is 17.7. The second-order valence-electron chi connectivity index (χ2n) is 7.63. The van der Waals surface area contributed by atoms with E-state index in [1.807, 2.05) is 38.1 Å². The Morgan fingerprint density at radius 3 is 2.37 bits per heavy atom. The Labute approximate surface area is 182 Å². The van der Waals surface area contributed by atoms with E-state index in [9.17, 15) is 9.59 Å². The second kappa shape index (κ2) is 9.98. The summed E-state index contributed by atoms with van der Waals surface area (Å²) in [6.07, 6.45) is 2.15. The van der Waals surface area contributed by atoms with Crippen LogP contribution in [-0.4, -0.2) is 43.4 Å². The fourth-order valence-electron chi connectivity index (χ4n) is 3.67. The van der Waals surface area contributed by atoms with Crippen molar-refractivity contribution in [2.75, 3.05) is 26.8 Å². The van der Waals surface area contributed by atoms with Gasteiger partial charge in [0.2, 0.25) is 0 Å². The van der Waals surface area contributed by atoms with Crippen LogP contribution in [0.1, 0.15) is 52.5 Å². The molecule has 0 aliphatic carbocycles. The Kier molecular flexibility index (Phi) is 7.38. The third-order valence-electron chi connectivity index (χ3n) is 5.42. The van der Waals surface area contributed by atoms with E-state index in [0.29, 0.717) is 54.6 Å². The molecule has 0 unspecified atom stereocenters. The summed E-state index contributed by atoms with van der Waals surface area (Å²) in [5.41, 5.74) is 2.33. The van der Waals surface area contributed by atoms with Crippen LogP contribution in [0.3, 0.4) is 0 Å². The van der Waals surface area contributed by atoms with E-state index in [0.717, 1.165) is 17.5 Å². The molecule has 30 heavy (non-hydrogen) atoms. The lowest BCUT2D eigenvalue weighted by Crippen LogP contribution is -2.40. The van der Waals surface area contributed by atoms with Gasteiger partial charge in [-0.05, 0) is 38.3 Å². The minimum absolute atomic E-state index is 0.0558. The van der Waals surface area contributed by atoms with Gasteiger partial charge >= 0.3 is 0 Å². The fraction of sp³-hybridized carbons (Fsp3) is 0.417. The molecule has 1 amide bonds. The summed E-state index contributed by atoms with van der Waals surface area (Å²) in [5, 5.41) is 0.357. The smallest absolute Gasteiger partial charge is 0.254 e. The molecule has 0 aromatic heterocycles. The number of rotatable bonds is 7. The number of ketones is 1. The minimum Gasteiger partial charge on any atom is -0.493 e. The van der Waals surface area contributed by atoms with E-state index >= 15 is 0 Å². The molecule has 1 fully saturated rings. The van der Waals surface area contributed by atoms with Crippen LogP contribution in [0.2, 0.25) is 5.02 Å². The van der Waals surface area contributed by atoms with Gasteiger partial charge in [-0.2, -0.15) is 0 Å². The fourth-order valence-corrected chi connectivity index (χ4v) is 3.93. The molecule has 5 nitrogen and oxygen atoms in total. The Balaban J connectivity index is 1.67. The SMILES string of the molecule is CCCOc1c(Cl)cc(C(=O)N2CCC(C(=O)c3ccc(C)cc3)CC2)cc1OC. The standard InChI is InChI=1S/C24H28ClNO4/c1-4-13-30-23-20(25)14-19(15-21(23)29-3)24(28)26-11-9-18(10-12-26)22(27)17-7-5-16(2)6-8-17/h5-8,14-15,18H,4,9-13H2,1-3H3. The second-order valence-corrected chi connectivity index (χ2v) is 8.04. The first-order chi connectivity index (χ1) is 14.4. The topological polar surface area (TPSA) is 55.8 Å². The molecule has 1 heterocycles. The van der Waals surface area contributed by atoms with Gasteiger partial charge in [-0.25, -0.2) is 0 Å². The van der Waals surface area contributed by atoms with E-state index in [4.69, 9.17) is 21.1 Å². The minimum atomic E-state index is -0.113.